The summed E-state index contributed by atoms with van der Waals surface area (Å²) in [5.41, 5.74) is 2.52. The molecule has 0 spiro atoms. The molecule has 1 amide bonds. The minimum Gasteiger partial charge on any atom is -0.272 e. The molecule has 4 aliphatic rings. The van der Waals surface area contributed by atoms with E-state index in [9.17, 15) is 4.79 Å². The van der Waals surface area contributed by atoms with Crippen molar-refractivity contribution in [2.24, 2.45) is 15.9 Å². The Hall–Kier alpha value is -3.08. The molecule has 3 fully saturated rings. The average Bonchev–Trinajstić information content (AvgIpc) is 3.40. The van der Waals surface area contributed by atoms with E-state index >= 15 is 0 Å². The summed E-state index contributed by atoms with van der Waals surface area (Å²) < 4.78 is 1.85. The number of nitrogens with zero attached hydrogens (tertiary/aromatic N) is 7. The fourth-order valence-corrected chi connectivity index (χ4v) is 5.90. The van der Waals surface area contributed by atoms with Crippen LogP contribution in [-0.2, 0) is 11.3 Å². The number of aromatic nitrogens is 4. The fourth-order valence-electron chi connectivity index (χ4n) is 5.90. The third kappa shape index (κ3) is 3.70. The molecule has 3 heterocycles. The molecule has 0 radical (unpaired) electrons. The number of hydrazone groups is 1. The zero-order valence-corrected chi connectivity index (χ0v) is 18.6. The van der Waals surface area contributed by atoms with Crippen LogP contribution in [0.3, 0.4) is 0 Å². The topological polar surface area (TPSA) is 100 Å². The molecule has 0 saturated heterocycles. The highest BCUT2D eigenvalue weighted by Crippen LogP contribution is 2.76. The van der Waals surface area contributed by atoms with Gasteiger partial charge in [-0.1, -0.05) is 19.3 Å². The number of hydrogen-bond donors (Lipinski definition) is 0. The van der Waals surface area contributed by atoms with Crippen molar-refractivity contribution in [1.29, 1.82) is 5.26 Å². The first kappa shape index (κ1) is 20.8. The van der Waals surface area contributed by atoms with Crippen molar-refractivity contribution < 1.29 is 4.79 Å². The van der Waals surface area contributed by atoms with Gasteiger partial charge in [0.1, 0.15) is 12.1 Å². The molecule has 1 unspecified atom stereocenters. The van der Waals surface area contributed by atoms with Crippen molar-refractivity contribution >= 4 is 12.1 Å². The zero-order valence-electron chi connectivity index (χ0n) is 18.6. The number of unbranched alkanes of at least 4 members (excludes halogenated alkanes) is 3. The van der Waals surface area contributed by atoms with Crippen LogP contribution in [0.5, 0.6) is 0 Å². The minimum atomic E-state index is -0.185. The number of carbonyl (C=O) groups is 1. The first-order chi connectivity index (χ1) is 15.5. The molecule has 0 N–H and O–H groups in total. The second kappa shape index (κ2) is 8.12. The first-order valence-corrected chi connectivity index (χ1v) is 11.6. The lowest BCUT2D eigenvalue weighted by Crippen LogP contribution is -2.67. The summed E-state index contributed by atoms with van der Waals surface area (Å²) in [6.45, 7) is 2.79. The molecule has 6 rings (SSSR count). The summed E-state index contributed by atoms with van der Waals surface area (Å²) in [5.74, 6) is 0.178. The summed E-state index contributed by atoms with van der Waals surface area (Å²) >= 11 is 0. The Morgan fingerprint density at radius 3 is 2.75 bits per heavy atom. The Morgan fingerprint density at radius 2 is 2.00 bits per heavy atom. The molecule has 8 heteroatoms. The van der Waals surface area contributed by atoms with E-state index < -0.39 is 0 Å². The second-order valence-electron chi connectivity index (χ2n) is 9.86. The number of amides is 1. The normalized spacial score (nSPS) is 27.6. The number of rotatable bonds is 9. The minimum absolute atomic E-state index is 0.112. The Bertz CT molecular complexity index is 1060. The van der Waals surface area contributed by atoms with Crippen LogP contribution in [0.1, 0.15) is 80.8 Å². The van der Waals surface area contributed by atoms with Crippen LogP contribution < -0.4 is 0 Å². The quantitative estimate of drug-likeness (QED) is 0.560. The summed E-state index contributed by atoms with van der Waals surface area (Å²) in [6, 6.07) is 2.00. The van der Waals surface area contributed by atoms with E-state index in [-0.39, 0.29) is 17.4 Å². The van der Waals surface area contributed by atoms with E-state index in [0.717, 1.165) is 43.6 Å². The first-order valence-electron chi connectivity index (χ1n) is 11.6. The maximum atomic E-state index is 13.3. The standard InChI is InChI=1S/C24H29N7O/c1-18-11-26-13-20(29-18)21-6-8-27-31(21)22(32)24-15-23(16-24,17-24)7-4-2-3-5-9-30-14-19(10-25)12-28-30/h8,11-14,21H,2-7,9,15-17H2,1H3. The molecule has 0 aromatic carbocycles. The maximum Gasteiger partial charge on any atom is 0.249 e. The highest BCUT2D eigenvalue weighted by Gasteiger charge is 2.71. The SMILES string of the molecule is Cc1cncc(C2CC=NN2C(=O)C23CC(CCCCCCn4cc(C#N)cn4)(C2)C3)n1. The average molecular weight is 432 g/mol. The van der Waals surface area contributed by atoms with E-state index in [1.54, 1.807) is 29.8 Å². The van der Waals surface area contributed by atoms with Crippen LogP contribution in [-0.4, -0.2) is 36.9 Å². The molecular formula is C24H29N7O. The highest BCUT2D eigenvalue weighted by molar-refractivity contribution is 5.88. The van der Waals surface area contributed by atoms with Crippen LogP contribution in [0.15, 0.2) is 29.9 Å². The van der Waals surface area contributed by atoms with Crippen LogP contribution >= 0.6 is 0 Å². The monoisotopic (exact) mass is 431 g/mol. The van der Waals surface area contributed by atoms with Gasteiger partial charge in [0.25, 0.3) is 0 Å². The lowest BCUT2D eigenvalue weighted by Gasteiger charge is -2.70. The lowest BCUT2D eigenvalue weighted by molar-refractivity contribution is -0.220. The molecule has 3 aliphatic carbocycles. The van der Waals surface area contributed by atoms with E-state index in [0.29, 0.717) is 17.4 Å². The van der Waals surface area contributed by atoms with Crippen molar-refractivity contribution in [1.82, 2.24) is 24.8 Å². The van der Waals surface area contributed by atoms with Gasteiger partial charge in [-0.05, 0) is 44.4 Å². The van der Waals surface area contributed by atoms with Gasteiger partial charge in [-0.3, -0.25) is 19.4 Å². The molecule has 1 aliphatic heterocycles. The molecule has 1 atom stereocenters. The smallest absolute Gasteiger partial charge is 0.249 e. The number of nitriles is 1. The van der Waals surface area contributed by atoms with E-state index in [1.807, 2.05) is 17.8 Å². The van der Waals surface area contributed by atoms with Gasteiger partial charge in [-0.2, -0.15) is 15.5 Å². The van der Waals surface area contributed by atoms with Gasteiger partial charge < -0.3 is 0 Å². The molecular weight excluding hydrogens is 402 g/mol. The van der Waals surface area contributed by atoms with Crippen LogP contribution in [0.2, 0.25) is 0 Å². The van der Waals surface area contributed by atoms with Crippen LogP contribution in [0, 0.1) is 29.1 Å². The number of carbonyl (C=O) groups excluding carboxylic acids is 1. The lowest BCUT2D eigenvalue weighted by atomic mass is 9.33. The van der Waals surface area contributed by atoms with Gasteiger partial charge in [0.05, 0.1) is 34.8 Å². The maximum absolute atomic E-state index is 13.3. The Morgan fingerprint density at radius 1 is 1.19 bits per heavy atom. The Kier molecular flexibility index (Phi) is 5.28. The third-order valence-electron chi connectivity index (χ3n) is 7.35. The Labute approximate surface area is 188 Å². The van der Waals surface area contributed by atoms with Gasteiger partial charge in [0.2, 0.25) is 5.91 Å². The van der Waals surface area contributed by atoms with Gasteiger partial charge in [-0.25, -0.2) is 5.01 Å². The number of aryl methyl sites for hydroxylation is 2. The predicted octanol–water partition coefficient (Wildman–Crippen LogP) is 3.93. The molecule has 2 aromatic heterocycles. The molecule has 166 valence electrons. The van der Waals surface area contributed by atoms with Crippen molar-refractivity contribution in [3.8, 4) is 6.07 Å². The van der Waals surface area contributed by atoms with Gasteiger partial charge in [0.15, 0.2) is 0 Å². The molecule has 2 bridgehead atoms. The molecule has 2 aromatic rings. The second-order valence-corrected chi connectivity index (χ2v) is 9.86. The molecule has 3 saturated carbocycles. The molecule has 8 nitrogen and oxygen atoms in total. The summed E-state index contributed by atoms with van der Waals surface area (Å²) in [5, 5.41) is 19.1. The zero-order chi connectivity index (χ0) is 22.2. The largest absolute Gasteiger partial charge is 0.272 e. The van der Waals surface area contributed by atoms with Crippen LogP contribution in [0.25, 0.3) is 0 Å². The predicted molar refractivity (Wildman–Crippen MR) is 118 cm³/mol. The number of hydrogen-bond acceptors (Lipinski definition) is 6. The van der Waals surface area contributed by atoms with Gasteiger partial charge >= 0.3 is 0 Å². The summed E-state index contributed by atoms with van der Waals surface area (Å²) in [6.07, 6.45) is 18.4. The highest BCUT2D eigenvalue weighted by atomic mass is 16.2. The fraction of sp³-hybridized carbons (Fsp3) is 0.583. The summed E-state index contributed by atoms with van der Waals surface area (Å²) in [7, 11) is 0. The molecule has 32 heavy (non-hydrogen) atoms. The van der Waals surface area contributed by atoms with Crippen molar-refractivity contribution in [3.05, 3.63) is 41.7 Å². The van der Waals surface area contributed by atoms with E-state index in [4.69, 9.17) is 5.26 Å². The van der Waals surface area contributed by atoms with Gasteiger partial charge in [-0.15, -0.1) is 0 Å². The van der Waals surface area contributed by atoms with Crippen molar-refractivity contribution in [3.63, 3.8) is 0 Å². The van der Waals surface area contributed by atoms with Crippen LogP contribution in [0.4, 0.5) is 0 Å². The Balaban J connectivity index is 1.05. The van der Waals surface area contributed by atoms with E-state index in [2.05, 4.69) is 26.2 Å². The van der Waals surface area contributed by atoms with Crippen molar-refractivity contribution in [2.45, 2.75) is 77.3 Å². The third-order valence-corrected chi connectivity index (χ3v) is 7.35. The van der Waals surface area contributed by atoms with Crippen molar-refractivity contribution in [2.75, 3.05) is 0 Å². The van der Waals surface area contributed by atoms with E-state index in [1.165, 1.54) is 25.7 Å². The summed E-state index contributed by atoms with van der Waals surface area (Å²) in [4.78, 5) is 22.1. The van der Waals surface area contributed by atoms with Gasteiger partial charge in [0, 0.05) is 31.6 Å².